The van der Waals surface area contributed by atoms with Gasteiger partial charge in [0.25, 0.3) is 0 Å². The first-order chi connectivity index (χ1) is 11.6. The molecule has 3 nitrogen and oxygen atoms in total. The molecule has 0 N–H and O–H groups in total. The average Bonchev–Trinajstić information content (AvgIpc) is 2.93. The van der Waals surface area contributed by atoms with Crippen LogP contribution in [0, 0.1) is 12.7 Å². The van der Waals surface area contributed by atoms with E-state index in [-0.39, 0.29) is 17.5 Å². The van der Waals surface area contributed by atoms with Gasteiger partial charge in [-0.3, -0.25) is 4.79 Å². The Bertz CT molecular complexity index is 897. The number of halogens is 1. The Morgan fingerprint density at radius 2 is 1.75 bits per heavy atom. The molecule has 1 aliphatic carbocycles. The lowest BCUT2D eigenvalue weighted by atomic mass is 9.81. The number of fused-ring (bicyclic) bond motifs is 1. The third-order valence-corrected chi connectivity index (χ3v) is 4.65. The minimum atomic E-state index is -0.258. The largest absolute Gasteiger partial charge is 0.294 e. The molecule has 4 rings (SSSR count). The van der Waals surface area contributed by atoms with Crippen LogP contribution >= 0.6 is 0 Å². The quantitative estimate of drug-likeness (QED) is 0.708. The number of hydrogen-bond donors (Lipinski definition) is 0. The maximum absolute atomic E-state index is 13.2. The molecule has 1 aliphatic rings. The van der Waals surface area contributed by atoms with Crippen LogP contribution in [0.3, 0.4) is 0 Å². The molecule has 4 heteroatoms. The Morgan fingerprint density at radius 3 is 2.46 bits per heavy atom. The second-order valence-electron chi connectivity index (χ2n) is 6.23. The summed E-state index contributed by atoms with van der Waals surface area (Å²) in [5.74, 6) is -0.0823. The Labute approximate surface area is 139 Å². The number of carbonyl (C=O) groups excluding carboxylic acids is 1. The van der Waals surface area contributed by atoms with Crippen LogP contribution in [-0.2, 0) is 6.42 Å². The molecular weight excluding hydrogens is 303 g/mol. The Balaban J connectivity index is 1.79. The van der Waals surface area contributed by atoms with Gasteiger partial charge in [0, 0.05) is 6.42 Å². The molecule has 1 heterocycles. The first-order valence-electron chi connectivity index (χ1n) is 8.06. The third-order valence-electron chi connectivity index (χ3n) is 4.65. The summed E-state index contributed by atoms with van der Waals surface area (Å²) in [4.78, 5) is 12.7. The van der Waals surface area contributed by atoms with Crippen LogP contribution in [0.25, 0.3) is 5.69 Å². The van der Waals surface area contributed by atoms with E-state index < -0.39 is 0 Å². The third kappa shape index (κ3) is 2.44. The van der Waals surface area contributed by atoms with Crippen LogP contribution in [0.4, 0.5) is 4.39 Å². The highest BCUT2D eigenvalue weighted by Crippen LogP contribution is 2.35. The standard InChI is InChI=1S/C20H17FN2O/c1-13-20-18(23(22-13)17-5-3-2-4-6-17)11-15(12-19(20)24)14-7-9-16(21)10-8-14/h2-10,15H,11-12H2,1H3/t15-/m0/s1. The van der Waals surface area contributed by atoms with E-state index in [1.807, 2.05) is 41.9 Å². The minimum absolute atomic E-state index is 0.0594. The summed E-state index contributed by atoms with van der Waals surface area (Å²) in [5.41, 5.74) is 4.42. The van der Waals surface area contributed by atoms with Crippen molar-refractivity contribution >= 4 is 5.78 Å². The van der Waals surface area contributed by atoms with E-state index in [0.29, 0.717) is 6.42 Å². The number of carbonyl (C=O) groups is 1. The summed E-state index contributed by atoms with van der Waals surface area (Å²) in [7, 11) is 0. The zero-order valence-electron chi connectivity index (χ0n) is 13.4. The number of benzene rings is 2. The van der Waals surface area contributed by atoms with E-state index in [9.17, 15) is 9.18 Å². The number of para-hydroxylation sites is 1. The highest BCUT2D eigenvalue weighted by atomic mass is 19.1. The number of ketones is 1. The van der Waals surface area contributed by atoms with Gasteiger partial charge in [-0.1, -0.05) is 30.3 Å². The maximum atomic E-state index is 13.2. The first kappa shape index (κ1) is 14.8. The molecule has 0 saturated heterocycles. The number of hydrogen-bond acceptors (Lipinski definition) is 2. The van der Waals surface area contributed by atoms with E-state index in [1.54, 1.807) is 12.1 Å². The molecule has 0 aliphatic heterocycles. The van der Waals surface area contributed by atoms with Gasteiger partial charge in [0.2, 0.25) is 0 Å². The van der Waals surface area contributed by atoms with Crippen molar-refractivity contribution in [1.82, 2.24) is 9.78 Å². The van der Waals surface area contributed by atoms with E-state index in [4.69, 9.17) is 0 Å². The van der Waals surface area contributed by atoms with E-state index in [0.717, 1.165) is 34.6 Å². The fraction of sp³-hybridized carbons (Fsp3) is 0.200. The van der Waals surface area contributed by atoms with Gasteiger partial charge >= 0.3 is 0 Å². The summed E-state index contributed by atoms with van der Waals surface area (Å²) in [5, 5.41) is 4.59. The van der Waals surface area contributed by atoms with Crippen molar-refractivity contribution in [2.75, 3.05) is 0 Å². The molecule has 1 atom stereocenters. The van der Waals surface area contributed by atoms with Gasteiger partial charge in [0.05, 0.1) is 22.6 Å². The van der Waals surface area contributed by atoms with Crippen LogP contribution in [0.2, 0.25) is 0 Å². The minimum Gasteiger partial charge on any atom is -0.294 e. The van der Waals surface area contributed by atoms with Gasteiger partial charge in [0.1, 0.15) is 5.82 Å². The van der Waals surface area contributed by atoms with Gasteiger partial charge in [-0.05, 0) is 49.1 Å². The molecule has 0 radical (unpaired) electrons. The zero-order valence-corrected chi connectivity index (χ0v) is 13.4. The van der Waals surface area contributed by atoms with E-state index >= 15 is 0 Å². The number of aryl methyl sites for hydroxylation is 1. The number of aromatic nitrogens is 2. The van der Waals surface area contributed by atoms with Crippen LogP contribution in [0.15, 0.2) is 54.6 Å². The van der Waals surface area contributed by atoms with E-state index in [2.05, 4.69) is 5.10 Å². The average molecular weight is 320 g/mol. The fourth-order valence-corrected chi connectivity index (χ4v) is 3.51. The first-order valence-corrected chi connectivity index (χ1v) is 8.06. The topological polar surface area (TPSA) is 34.9 Å². The number of nitrogens with zero attached hydrogens (tertiary/aromatic N) is 2. The monoisotopic (exact) mass is 320 g/mol. The van der Waals surface area contributed by atoms with Crippen molar-refractivity contribution in [2.45, 2.75) is 25.7 Å². The van der Waals surface area contributed by atoms with Crippen LogP contribution in [0.5, 0.6) is 0 Å². The van der Waals surface area contributed by atoms with Crippen molar-refractivity contribution in [3.8, 4) is 5.69 Å². The summed E-state index contributed by atoms with van der Waals surface area (Å²) >= 11 is 0. The van der Waals surface area contributed by atoms with Gasteiger partial charge < -0.3 is 0 Å². The van der Waals surface area contributed by atoms with Crippen LogP contribution in [-0.4, -0.2) is 15.6 Å². The van der Waals surface area contributed by atoms with Crippen molar-refractivity contribution in [3.05, 3.63) is 82.9 Å². The SMILES string of the molecule is Cc1nn(-c2ccccc2)c2c1C(=O)C[C@@H](c1ccc(F)cc1)C2. The Morgan fingerprint density at radius 1 is 1.04 bits per heavy atom. The highest BCUT2D eigenvalue weighted by Gasteiger charge is 2.32. The van der Waals surface area contributed by atoms with Crippen LogP contribution in [0.1, 0.15) is 39.6 Å². The number of rotatable bonds is 2. The van der Waals surface area contributed by atoms with Gasteiger partial charge in [-0.2, -0.15) is 5.10 Å². The molecule has 1 aromatic heterocycles. The molecule has 120 valence electrons. The second-order valence-corrected chi connectivity index (χ2v) is 6.23. The molecule has 2 aromatic carbocycles. The van der Waals surface area contributed by atoms with Gasteiger partial charge in [-0.15, -0.1) is 0 Å². The van der Waals surface area contributed by atoms with Crippen molar-refractivity contribution < 1.29 is 9.18 Å². The highest BCUT2D eigenvalue weighted by molar-refractivity contribution is 6.00. The van der Waals surface area contributed by atoms with E-state index in [1.165, 1.54) is 12.1 Å². The normalized spacial score (nSPS) is 16.9. The maximum Gasteiger partial charge on any atom is 0.167 e. The van der Waals surface area contributed by atoms with Gasteiger partial charge in [0.15, 0.2) is 5.78 Å². The molecule has 24 heavy (non-hydrogen) atoms. The molecule has 3 aromatic rings. The Hall–Kier alpha value is -2.75. The lowest BCUT2D eigenvalue weighted by Gasteiger charge is -2.23. The molecule has 0 amide bonds. The zero-order chi connectivity index (χ0) is 16.7. The smallest absolute Gasteiger partial charge is 0.167 e. The fourth-order valence-electron chi connectivity index (χ4n) is 3.51. The summed E-state index contributed by atoms with van der Waals surface area (Å²) in [6.45, 7) is 1.88. The Kier molecular flexibility index (Phi) is 3.53. The lowest BCUT2D eigenvalue weighted by Crippen LogP contribution is -2.20. The summed E-state index contributed by atoms with van der Waals surface area (Å²) in [6.07, 6.45) is 1.17. The van der Waals surface area contributed by atoms with Crippen molar-refractivity contribution in [3.63, 3.8) is 0 Å². The predicted molar refractivity (Wildman–Crippen MR) is 90.1 cm³/mol. The number of Topliss-reactive ketones (excluding diaryl/α,β-unsaturated/α-hetero) is 1. The molecule has 0 bridgehead atoms. The predicted octanol–water partition coefficient (Wildman–Crippen LogP) is 4.23. The van der Waals surface area contributed by atoms with Crippen molar-refractivity contribution in [1.29, 1.82) is 0 Å². The molecule has 0 fully saturated rings. The summed E-state index contributed by atoms with van der Waals surface area (Å²) < 4.78 is 15.1. The lowest BCUT2D eigenvalue weighted by molar-refractivity contribution is 0.0963. The molecular formula is C20H17FN2O. The summed E-state index contributed by atoms with van der Waals surface area (Å²) in [6, 6.07) is 16.3. The molecule has 0 saturated carbocycles. The van der Waals surface area contributed by atoms with Gasteiger partial charge in [-0.25, -0.2) is 9.07 Å². The molecule has 0 spiro atoms. The second kappa shape index (κ2) is 5.71. The molecule has 0 unspecified atom stereocenters. The van der Waals surface area contributed by atoms with Crippen LogP contribution < -0.4 is 0 Å². The van der Waals surface area contributed by atoms with Crippen molar-refractivity contribution in [2.24, 2.45) is 0 Å².